The third kappa shape index (κ3) is 4.10. The normalized spacial score (nSPS) is 12.9. The quantitative estimate of drug-likeness (QED) is 0.461. The van der Waals surface area contributed by atoms with E-state index >= 15 is 0 Å². The summed E-state index contributed by atoms with van der Waals surface area (Å²) in [5.41, 5.74) is 10.2. The first-order valence-corrected chi connectivity index (χ1v) is 9.93. The predicted molar refractivity (Wildman–Crippen MR) is 116 cm³/mol. The first-order valence-electron chi connectivity index (χ1n) is 9.93. The number of carbonyl (C=O) groups is 1. The van der Waals surface area contributed by atoms with Crippen molar-refractivity contribution in [3.05, 3.63) is 82.9 Å². The highest BCUT2D eigenvalue weighted by Crippen LogP contribution is 2.44. The van der Waals surface area contributed by atoms with Gasteiger partial charge in [0.1, 0.15) is 6.61 Å². The highest BCUT2D eigenvalue weighted by Gasteiger charge is 2.29. The van der Waals surface area contributed by atoms with Gasteiger partial charge in [-0.25, -0.2) is 4.79 Å². The zero-order chi connectivity index (χ0) is 22.2. The van der Waals surface area contributed by atoms with Crippen LogP contribution in [0.5, 0.6) is 0 Å². The average molecular weight is 425 g/mol. The molecule has 0 saturated carbocycles. The molecular weight excluding hydrogens is 404 g/mol. The van der Waals surface area contributed by atoms with Crippen molar-refractivity contribution in [3.8, 4) is 11.1 Å². The van der Waals surface area contributed by atoms with Crippen molar-refractivity contribution in [1.29, 1.82) is 0 Å². The number of nitrogens with two attached hydrogens (primary N) is 1. The monoisotopic (exact) mass is 425 g/mol. The zero-order valence-electron chi connectivity index (χ0n) is 16.9. The number of hydrogen-bond acceptors (Lipinski definition) is 3. The number of benzene rings is 3. The van der Waals surface area contributed by atoms with E-state index in [4.69, 9.17) is 10.5 Å². The summed E-state index contributed by atoms with van der Waals surface area (Å²) >= 11 is 0. The van der Waals surface area contributed by atoms with Crippen molar-refractivity contribution < 1.29 is 22.5 Å². The Morgan fingerprint density at radius 1 is 1.03 bits per heavy atom. The number of anilines is 1. The maximum Gasteiger partial charge on any atom is 0.509 e. The van der Waals surface area contributed by atoms with Crippen LogP contribution in [0.3, 0.4) is 0 Å². The van der Waals surface area contributed by atoms with E-state index in [-0.39, 0.29) is 24.8 Å². The van der Waals surface area contributed by atoms with Gasteiger partial charge in [0, 0.05) is 18.2 Å². The summed E-state index contributed by atoms with van der Waals surface area (Å²) in [5, 5.41) is 2.54. The van der Waals surface area contributed by atoms with Crippen molar-refractivity contribution in [2.45, 2.75) is 19.4 Å². The Balaban J connectivity index is 1.44. The van der Waals surface area contributed by atoms with Gasteiger partial charge in [-0.3, -0.25) is 0 Å². The standard InChI is InChI=1S/C23H21BF3N2O2/c1-14-15(10-16(11-22(14)28)24(25,26)27)12-29-23(30)31-13-21-19-8-4-2-6-17(19)18-7-3-5-9-20(18)21/h2-11,21H,12-13,28H2,1H3,(H,29,30)/q-1. The minimum atomic E-state index is -5.18. The van der Waals surface area contributed by atoms with Crippen LogP contribution in [0.4, 0.5) is 23.4 Å². The molecule has 0 heterocycles. The maximum atomic E-state index is 13.1. The smallest absolute Gasteiger partial charge is 0.449 e. The van der Waals surface area contributed by atoms with Crippen LogP contribution in [-0.2, 0) is 11.3 Å². The van der Waals surface area contributed by atoms with Crippen molar-refractivity contribution in [2.75, 3.05) is 12.3 Å². The van der Waals surface area contributed by atoms with Crippen molar-refractivity contribution in [3.63, 3.8) is 0 Å². The Morgan fingerprint density at radius 2 is 1.61 bits per heavy atom. The molecule has 3 aromatic rings. The highest BCUT2D eigenvalue weighted by atomic mass is 19.4. The van der Waals surface area contributed by atoms with Gasteiger partial charge in [-0.2, -0.15) is 0 Å². The molecule has 0 aromatic heterocycles. The van der Waals surface area contributed by atoms with Gasteiger partial charge in [-0.05, 0) is 40.3 Å². The van der Waals surface area contributed by atoms with Gasteiger partial charge in [0.05, 0.1) is 0 Å². The first kappa shape index (κ1) is 20.8. The summed E-state index contributed by atoms with van der Waals surface area (Å²) in [6, 6.07) is 17.9. The lowest BCUT2D eigenvalue weighted by atomic mass is 9.78. The van der Waals surface area contributed by atoms with Gasteiger partial charge in [-0.1, -0.05) is 60.7 Å². The van der Waals surface area contributed by atoms with E-state index in [1.165, 1.54) is 0 Å². The van der Waals surface area contributed by atoms with Crippen LogP contribution in [0.1, 0.15) is 28.2 Å². The number of rotatable bonds is 5. The van der Waals surface area contributed by atoms with Gasteiger partial charge < -0.3 is 28.7 Å². The van der Waals surface area contributed by atoms with Gasteiger partial charge in [0.15, 0.2) is 0 Å². The lowest BCUT2D eigenvalue weighted by molar-refractivity contribution is 0.142. The van der Waals surface area contributed by atoms with Crippen molar-refractivity contribution >= 4 is 24.2 Å². The Labute approximate surface area is 178 Å². The SMILES string of the molecule is Cc1c(N)cc([B-](F)(F)F)cc1CNC(=O)OCC1c2ccccc2-c2ccccc21. The molecule has 0 unspecified atom stereocenters. The molecule has 3 N–H and O–H groups in total. The number of alkyl carbamates (subject to hydrolysis) is 1. The topological polar surface area (TPSA) is 64.3 Å². The fraction of sp³-hybridized carbons (Fsp3) is 0.174. The van der Waals surface area contributed by atoms with Crippen LogP contribution in [0, 0.1) is 6.92 Å². The first-order chi connectivity index (χ1) is 14.8. The summed E-state index contributed by atoms with van der Waals surface area (Å²) in [7, 11) is 0. The van der Waals surface area contributed by atoms with E-state index in [0.29, 0.717) is 11.1 Å². The summed E-state index contributed by atoms with van der Waals surface area (Å²) < 4.78 is 44.8. The fourth-order valence-electron chi connectivity index (χ4n) is 4.01. The van der Waals surface area contributed by atoms with E-state index in [1.807, 2.05) is 48.5 Å². The second-order valence-electron chi connectivity index (χ2n) is 7.65. The van der Waals surface area contributed by atoms with Crippen LogP contribution in [0.2, 0.25) is 0 Å². The van der Waals surface area contributed by atoms with E-state index in [0.717, 1.165) is 34.4 Å². The fourth-order valence-corrected chi connectivity index (χ4v) is 4.01. The zero-order valence-corrected chi connectivity index (χ0v) is 16.9. The molecule has 4 rings (SSSR count). The molecule has 0 fully saturated rings. The molecule has 160 valence electrons. The number of nitrogen functional groups attached to an aromatic ring is 1. The Bertz CT molecular complexity index is 1100. The predicted octanol–water partition coefficient (Wildman–Crippen LogP) is 4.67. The number of carbonyl (C=O) groups excluding carboxylic acids is 1. The minimum absolute atomic E-state index is 0.0426. The molecule has 31 heavy (non-hydrogen) atoms. The third-order valence-electron chi connectivity index (χ3n) is 5.72. The summed E-state index contributed by atoms with van der Waals surface area (Å²) in [4.78, 5) is 12.3. The van der Waals surface area contributed by atoms with E-state index < -0.39 is 18.5 Å². The average Bonchev–Trinajstić information content (AvgIpc) is 3.06. The van der Waals surface area contributed by atoms with Crippen LogP contribution in [0.25, 0.3) is 11.1 Å². The number of ether oxygens (including phenoxy) is 1. The molecule has 0 bridgehead atoms. The van der Waals surface area contributed by atoms with Crippen molar-refractivity contribution in [2.24, 2.45) is 0 Å². The van der Waals surface area contributed by atoms with Gasteiger partial charge in [-0.15, -0.1) is 5.46 Å². The highest BCUT2D eigenvalue weighted by molar-refractivity contribution is 6.73. The molecule has 0 aliphatic heterocycles. The lowest BCUT2D eigenvalue weighted by Crippen LogP contribution is -2.35. The number of fused-ring (bicyclic) bond motifs is 3. The molecule has 1 aliphatic rings. The van der Waals surface area contributed by atoms with E-state index in [9.17, 15) is 17.7 Å². The molecular formula is C23H21BF3N2O2-. The molecule has 4 nitrogen and oxygen atoms in total. The van der Waals surface area contributed by atoms with Gasteiger partial charge in [0.2, 0.25) is 0 Å². The van der Waals surface area contributed by atoms with Crippen LogP contribution >= 0.6 is 0 Å². The minimum Gasteiger partial charge on any atom is -0.449 e. The Morgan fingerprint density at radius 3 is 2.19 bits per heavy atom. The lowest BCUT2D eigenvalue weighted by Gasteiger charge is -2.19. The van der Waals surface area contributed by atoms with Gasteiger partial charge in [0.25, 0.3) is 0 Å². The van der Waals surface area contributed by atoms with Crippen molar-refractivity contribution in [1.82, 2.24) is 5.32 Å². The van der Waals surface area contributed by atoms with E-state index in [2.05, 4.69) is 5.32 Å². The second-order valence-corrected chi connectivity index (χ2v) is 7.65. The number of nitrogens with one attached hydrogen (secondary N) is 1. The Kier molecular flexibility index (Phi) is 5.39. The summed E-state index contributed by atoms with van der Waals surface area (Å²) in [6.45, 7) is -3.53. The molecule has 1 amide bonds. The molecule has 0 spiro atoms. The molecule has 0 radical (unpaired) electrons. The maximum absolute atomic E-state index is 13.1. The van der Waals surface area contributed by atoms with Crippen LogP contribution in [0.15, 0.2) is 60.7 Å². The number of amides is 1. The van der Waals surface area contributed by atoms with Crippen LogP contribution in [-0.4, -0.2) is 19.7 Å². The number of hydrogen-bond donors (Lipinski definition) is 2. The molecule has 1 aliphatic carbocycles. The third-order valence-corrected chi connectivity index (χ3v) is 5.72. The second kappa shape index (κ2) is 8.02. The summed E-state index contributed by atoms with van der Waals surface area (Å²) in [5.74, 6) is -0.0909. The Hall–Kier alpha value is -3.42. The molecule has 0 atom stereocenters. The van der Waals surface area contributed by atoms with Crippen LogP contribution < -0.4 is 16.5 Å². The summed E-state index contributed by atoms with van der Waals surface area (Å²) in [6.07, 6.45) is -0.692. The van der Waals surface area contributed by atoms with Gasteiger partial charge >= 0.3 is 13.1 Å². The van der Waals surface area contributed by atoms with E-state index in [1.54, 1.807) is 6.92 Å². The molecule has 0 saturated heterocycles. The molecule has 8 heteroatoms. The number of halogens is 3. The molecule has 3 aromatic carbocycles. The largest absolute Gasteiger partial charge is 0.509 e.